The molecule has 1 fully saturated rings. The third kappa shape index (κ3) is 3.56. The second-order valence-corrected chi connectivity index (χ2v) is 5.65. The lowest BCUT2D eigenvalue weighted by molar-refractivity contribution is -0.144. The summed E-state index contributed by atoms with van der Waals surface area (Å²) in [5, 5.41) is 3.82. The van der Waals surface area contributed by atoms with Crippen LogP contribution in [0.3, 0.4) is 0 Å². The van der Waals surface area contributed by atoms with E-state index in [1.807, 2.05) is 13.0 Å². The summed E-state index contributed by atoms with van der Waals surface area (Å²) in [4.78, 5) is 18.5. The van der Waals surface area contributed by atoms with Crippen molar-refractivity contribution in [3.05, 3.63) is 47.9 Å². The van der Waals surface area contributed by atoms with Crippen LogP contribution in [0.25, 0.3) is 0 Å². The van der Waals surface area contributed by atoms with Crippen LogP contribution >= 0.6 is 0 Å². The Kier molecular flexibility index (Phi) is 4.66. The molecule has 1 saturated heterocycles. The summed E-state index contributed by atoms with van der Waals surface area (Å²) >= 11 is 0. The lowest BCUT2D eigenvalue weighted by Crippen LogP contribution is -2.46. The molecule has 1 aromatic heterocycles. The van der Waals surface area contributed by atoms with Crippen molar-refractivity contribution < 1.29 is 18.4 Å². The van der Waals surface area contributed by atoms with Crippen LogP contribution in [0.1, 0.15) is 24.4 Å². The van der Waals surface area contributed by atoms with Gasteiger partial charge in [0, 0.05) is 12.5 Å². The fourth-order valence-corrected chi connectivity index (χ4v) is 2.79. The highest BCUT2D eigenvalue weighted by atomic mass is 19.1. The maximum atomic E-state index is 13.3. The molecule has 2 atom stereocenters. The number of morpholine rings is 1. The predicted molar refractivity (Wildman–Crippen MR) is 78.8 cm³/mol. The van der Waals surface area contributed by atoms with Gasteiger partial charge in [-0.05, 0) is 24.1 Å². The lowest BCUT2D eigenvalue weighted by Gasteiger charge is -2.35. The lowest BCUT2D eigenvalue weighted by atomic mass is 9.98. The predicted octanol–water partition coefficient (Wildman–Crippen LogP) is 1.99. The highest BCUT2D eigenvalue weighted by molar-refractivity contribution is 5.79. The van der Waals surface area contributed by atoms with E-state index in [1.54, 1.807) is 11.0 Å². The van der Waals surface area contributed by atoms with Crippen LogP contribution in [-0.2, 0) is 16.0 Å². The van der Waals surface area contributed by atoms with Crippen molar-refractivity contribution in [3.63, 3.8) is 0 Å². The first kappa shape index (κ1) is 15.6. The van der Waals surface area contributed by atoms with Crippen molar-refractivity contribution in [1.29, 1.82) is 0 Å². The molecule has 0 radical (unpaired) electrons. The van der Waals surface area contributed by atoms with Gasteiger partial charge in [-0.3, -0.25) is 4.79 Å². The fraction of sp³-hybridized carbons (Fsp3) is 0.438. The molecule has 1 amide bonds. The molecule has 6 nitrogen and oxygen atoms in total. The minimum Gasteiger partial charge on any atom is -0.377 e. The van der Waals surface area contributed by atoms with Gasteiger partial charge in [0.1, 0.15) is 11.9 Å². The molecule has 0 bridgehead atoms. The molecular weight excluding hydrogens is 301 g/mol. The number of rotatable bonds is 4. The molecule has 0 aliphatic carbocycles. The molecule has 122 valence electrons. The largest absolute Gasteiger partial charge is 0.377 e. The number of amides is 1. The number of aromatic nitrogens is 2. The molecule has 1 aromatic carbocycles. The van der Waals surface area contributed by atoms with Crippen molar-refractivity contribution in [2.45, 2.75) is 19.4 Å². The van der Waals surface area contributed by atoms with Gasteiger partial charge in [0.05, 0.1) is 13.2 Å². The summed E-state index contributed by atoms with van der Waals surface area (Å²) in [5.41, 5.74) is 0.801. The monoisotopic (exact) mass is 319 g/mol. The minimum absolute atomic E-state index is 0.0210. The molecular formula is C16H18FN3O3. The number of hydrogen-bond acceptors (Lipinski definition) is 5. The van der Waals surface area contributed by atoms with Gasteiger partial charge in [0.2, 0.25) is 12.3 Å². The number of carbonyl (C=O) groups excluding carboxylic acids is 1. The van der Waals surface area contributed by atoms with Crippen molar-refractivity contribution in [1.82, 2.24) is 15.0 Å². The topological polar surface area (TPSA) is 68.5 Å². The summed E-state index contributed by atoms with van der Waals surface area (Å²) in [7, 11) is 0. The normalized spacial score (nSPS) is 19.6. The molecule has 0 spiro atoms. The van der Waals surface area contributed by atoms with Gasteiger partial charge in [0.15, 0.2) is 5.82 Å². The Balaban J connectivity index is 1.72. The molecule has 1 aliphatic rings. The van der Waals surface area contributed by atoms with Crippen LogP contribution in [0, 0.1) is 11.7 Å². The second-order valence-electron chi connectivity index (χ2n) is 5.65. The summed E-state index contributed by atoms with van der Waals surface area (Å²) in [6, 6.07) is 5.98. The Bertz CT molecular complexity index is 662. The van der Waals surface area contributed by atoms with E-state index in [2.05, 4.69) is 10.1 Å². The average molecular weight is 319 g/mol. The van der Waals surface area contributed by atoms with E-state index in [0.717, 1.165) is 5.56 Å². The van der Waals surface area contributed by atoms with Gasteiger partial charge in [-0.1, -0.05) is 24.2 Å². The molecule has 23 heavy (non-hydrogen) atoms. The number of halogens is 1. The molecule has 0 N–H and O–H groups in total. The Morgan fingerprint density at radius 3 is 3.13 bits per heavy atom. The number of carbonyl (C=O) groups is 1. The molecule has 3 rings (SSSR count). The quantitative estimate of drug-likeness (QED) is 0.862. The van der Waals surface area contributed by atoms with E-state index >= 15 is 0 Å². The van der Waals surface area contributed by atoms with Gasteiger partial charge >= 0.3 is 0 Å². The summed E-state index contributed by atoms with van der Waals surface area (Å²) in [6.07, 6.45) is 1.72. The molecule has 0 saturated carbocycles. The van der Waals surface area contributed by atoms with E-state index in [-0.39, 0.29) is 23.7 Å². The van der Waals surface area contributed by atoms with Crippen molar-refractivity contribution in [2.75, 3.05) is 19.8 Å². The van der Waals surface area contributed by atoms with Gasteiger partial charge in [-0.2, -0.15) is 4.98 Å². The minimum atomic E-state index is -0.343. The standard InChI is InChI=1S/C16H18FN3O3/c1-11(7-12-3-2-4-13(17)8-12)16(21)20-5-6-22-9-14(20)15-18-10-23-19-15/h2-4,8,10-11,14H,5-7,9H2,1H3. The molecule has 2 aromatic rings. The first-order valence-electron chi connectivity index (χ1n) is 7.54. The Labute approximate surface area is 133 Å². The average Bonchev–Trinajstić information content (AvgIpc) is 3.08. The van der Waals surface area contributed by atoms with E-state index in [1.165, 1.54) is 18.5 Å². The Hall–Kier alpha value is -2.28. The van der Waals surface area contributed by atoms with Gasteiger partial charge in [0.25, 0.3) is 0 Å². The van der Waals surface area contributed by atoms with Crippen molar-refractivity contribution in [2.24, 2.45) is 5.92 Å². The zero-order chi connectivity index (χ0) is 16.2. The van der Waals surface area contributed by atoms with Crippen LogP contribution in [-0.4, -0.2) is 40.7 Å². The number of hydrogen-bond donors (Lipinski definition) is 0. The van der Waals surface area contributed by atoms with Crippen molar-refractivity contribution in [3.8, 4) is 0 Å². The summed E-state index contributed by atoms with van der Waals surface area (Å²) in [5.74, 6) is -0.147. The van der Waals surface area contributed by atoms with Crippen molar-refractivity contribution >= 4 is 5.91 Å². The smallest absolute Gasteiger partial charge is 0.226 e. The Morgan fingerprint density at radius 1 is 1.52 bits per heavy atom. The van der Waals surface area contributed by atoms with Gasteiger partial charge < -0.3 is 14.2 Å². The highest BCUT2D eigenvalue weighted by Gasteiger charge is 2.33. The van der Waals surface area contributed by atoms with Crippen LogP contribution in [0.4, 0.5) is 4.39 Å². The molecule has 2 unspecified atom stereocenters. The fourth-order valence-electron chi connectivity index (χ4n) is 2.79. The highest BCUT2D eigenvalue weighted by Crippen LogP contribution is 2.24. The van der Waals surface area contributed by atoms with E-state index in [0.29, 0.717) is 32.0 Å². The number of nitrogens with zero attached hydrogens (tertiary/aromatic N) is 3. The zero-order valence-electron chi connectivity index (χ0n) is 12.8. The second kappa shape index (κ2) is 6.87. The van der Waals surface area contributed by atoms with E-state index in [4.69, 9.17) is 9.26 Å². The maximum absolute atomic E-state index is 13.3. The number of benzene rings is 1. The van der Waals surface area contributed by atoms with E-state index in [9.17, 15) is 9.18 Å². The van der Waals surface area contributed by atoms with Gasteiger partial charge in [-0.25, -0.2) is 4.39 Å². The van der Waals surface area contributed by atoms with Crippen LogP contribution in [0.5, 0.6) is 0 Å². The first-order chi connectivity index (χ1) is 11.1. The third-order valence-electron chi connectivity index (χ3n) is 3.94. The summed E-state index contributed by atoms with van der Waals surface area (Å²) in [6.45, 7) is 3.15. The van der Waals surface area contributed by atoms with E-state index < -0.39 is 0 Å². The molecule has 2 heterocycles. The number of ether oxygens (including phenoxy) is 1. The molecule has 7 heteroatoms. The third-order valence-corrected chi connectivity index (χ3v) is 3.94. The van der Waals surface area contributed by atoms with Crippen LogP contribution in [0.2, 0.25) is 0 Å². The maximum Gasteiger partial charge on any atom is 0.226 e. The van der Waals surface area contributed by atoms with Crippen LogP contribution < -0.4 is 0 Å². The van der Waals surface area contributed by atoms with Gasteiger partial charge in [-0.15, -0.1) is 0 Å². The zero-order valence-corrected chi connectivity index (χ0v) is 12.8. The molecule has 1 aliphatic heterocycles. The van der Waals surface area contributed by atoms with Crippen LogP contribution in [0.15, 0.2) is 35.2 Å². The Morgan fingerprint density at radius 2 is 2.39 bits per heavy atom. The summed E-state index contributed by atoms with van der Waals surface area (Å²) < 4.78 is 23.5. The SMILES string of the molecule is CC(Cc1cccc(F)c1)C(=O)N1CCOCC1c1ncon1. The first-order valence-corrected chi connectivity index (χ1v) is 7.54.